The highest BCUT2D eigenvalue weighted by Gasteiger charge is 2.15. The van der Waals surface area contributed by atoms with E-state index in [9.17, 15) is 24.8 Å². The molecule has 0 atom stereocenters. The van der Waals surface area contributed by atoms with E-state index < -0.39 is 16.8 Å². The van der Waals surface area contributed by atoms with Crippen LogP contribution in [0.25, 0.3) is 12.2 Å². The van der Waals surface area contributed by atoms with Crippen LogP contribution in [0.2, 0.25) is 0 Å². The number of nitro groups is 1. The lowest BCUT2D eigenvalue weighted by Gasteiger charge is -2.10. The van der Waals surface area contributed by atoms with Crippen LogP contribution in [0, 0.1) is 10.1 Å². The van der Waals surface area contributed by atoms with Gasteiger partial charge in [-0.15, -0.1) is 0 Å². The number of aromatic carboxylic acids is 1. The van der Waals surface area contributed by atoms with Crippen LogP contribution in [-0.2, 0) is 0 Å². The number of hydrogen-bond donors (Lipinski definition) is 2. The largest absolute Gasteiger partial charge is 0.497 e. The van der Waals surface area contributed by atoms with Crippen LogP contribution in [-0.4, -0.2) is 29.0 Å². The Balaban J connectivity index is 1.86. The zero-order valence-electron chi connectivity index (χ0n) is 16.4. The number of rotatable bonds is 7. The average Bonchev–Trinajstić information content (AvgIpc) is 2.77. The van der Waals surface area contributed by atoms with E-state index in [4.69, 9.17) is 4.74 Å². The number of nitro benzene ring substituents is 1. The van der Waals surface area contributed by atoms with Crippen molar-refractivity contribution in [2.24, 2.45) is 0 Å². The Morgan fingerprint density at radius 2 is 1.68 bits per heavy atom. The van der Waals surface area contributed by atoms with Crippen LogP contribution in [0.1, 0.15) is 31.8 Å². The molecule has 0 aliphatic carbocycles. The number of carboxylic acid groups (broad SMARTS) is 1. The quantitative estimate of drug-likeness (QED) is 0.325. The molecule has 0 aliphatic rings. The molecule has 3 aromatic rings. The molecule has 0 radical (unpaired) electrons. The number of amides is 1. The third-order valence-corrected chi connectivity index (χ3v) is 4.42. The van der Waals surface area contributed by atoms with Gasteiger partial charge in [-0.1, -0.05) is 30.4 Å². The molecule has 0 bridgehead atoms. The van der Waals surface area contributed by atoms with Crippen molar-refractivity contribution < 1.29 is 24.4 Å². The second-order valence-corrected chi connectivity index (χ2v) is 6.48. The Kier molecular flexibility index (Phi) is 6.42. The summed E-state index contributed by atoms with van der Waals surface area (Å²) >= 11 is 0. The molecule has 0 unspecified atom stereocenters. The Labute approximate surface area is 177 Å². The number of nitrogens with one attached hydrogen (secondary N) is 1. The first kappa shape index (κ1) is 21.3. The van der Waals surface area contributed by atoms with Gasteiger partial charge in [-0.3, -0.25) is 14.9 Å². The van der Waals surface area contributed by atoms with Gasteiger partial charge >= 0.3 is 5.97 Å². The van der Waals surface area contributed by atoms with E-state index in [0.717, 1.165) is 5.56 Å². The lowest BCUT2D eigenvalue weighted by Crippen LogP contribution is -2.15. The SMILES string of the molecule is COc1cccc(C=Cc2ccc(C(=O)O)c(NC(=O)c3ccc([N+](=O)[O-])cc3)c2)c1. The van der Waals surface area contributed by atoms with Gasteiger partial charge in [-0.25, -0.2) is 4.79 Å². The van der Waals surface area contributed by atoms with E-state index >= 15 is 0 Å². The van der Waals surface area contributed by atoms with E-state index in [1.54, 1.807) is 25.3 Å². The van der Waals surface area contributed by atoms with Crippen molar-refractivity contribution in [1.29, 1.82) is 0 Å². The van der Waals surface area contributed by atoms with Crippen molar-refractivity contribution in [2.75, 3.05) is 12.4 Å². The van der Waals surface area contributed by atoms with Crippen molar-refractivity contribution in [3.8, 4) is 5.75 Å². The van der Waals surface area contributed by atoms with Crippen molar-refractivity contribution in [2.45, 2.75) is 0 Å². The smallest absolute Gasteiger partial charge is 0.337 e. The lowest BCUT2D eigenvalue weighted by atomic mass is 10.1. The zero-order chi connectivity index (χ0) is 22.4. The van der Waals surface area contributed by atoms with E-state index in [2.05, 4.69) is 5.32 Å². The summed E-state index contributed by atoms with van der Waals surface area (Å²) in [5, 5.41) is 22.8. The number of carbonyl (C=O) groups excluding carboxylic acids is 1. The van der Waals surface area contributed by atoms with Gasteiger partial charge in [0.2, 0.25) is 0 Å². The molecule has 31 heavy (non-hydrogen) atoms. The summed E-state index contributed by atoms with van der Waals surface area (Å²) in [6.07, 6.45) is 3.61. The van der Waals surface area contributed by atoms with Gasteiger partial charge in [0.25, 0.3) is 11.6 Å². The Morgan fingerprint density at radius 1 is 1.00 bits per heavy atom. The maximum absolute atomic E-state index is 12.5. The van der Waals surface area contributed by atoms with Crippen LogP contribution < -0.4 is 10.1 Å². The number of carboxylic acids is 1. The van der Waals surface area contributed by atoms with Crippen LogP contribution in [0.3, 0.4) is 0 Å². The zero-order valence-corrected chi connectivity index (χ0v) is 16.4. The molecule has 1 amide bonds. The molecule has 2 N–H and O–H groups in total. The summed E-state index contributed by atoms with van der Waals surface area (Å²) in [6.45, 7) is 0. The third kappa shape index (κ3) is 5.33. The number of ether oxygens (including phenoxy) is 1. The average molecular weight is 418 g/mol. The first-order valence-corrected chi connectivity index (χ1v) is 9.12. The number of hydrogen-bond acceptors (Lipinski definition) is 5. The molecule has 3 aromatic carbocycles. The van der Waals surface area contributed by atoms with Crippen molar-refractivity contribution in [3.05, 3.63) is 99.1 Å². The first-order valence-electron chi connectivity index (χ1n) is 9.12. The molecular weight excluding hydrogens is 400 g/mol. The van der Waals surface area contributed by atoms with Gasteiger partial charge in [0.15, 0.2) is 0 Å². The molecule has 3 rings (SSSR count). The number of benzene rings is 3. The van der Waals surface area contributed by atoms with Gasteiger partial charge in [-0.2, -0.15) is 0 Å². The molecule has 0 aromatic heterocycles. The Morgan fingerprint density at radius 3 is 2.29 bits per heavy atom. The maximum atomic E-state index is 12.5. The Hall–Kier alpha value is -4.46. The molecule has 156 valence electrons. The molecule has 0 saturated carbocycles. The Bertz CT molecular complexity index is 1170. The van der Waals surface area contributed by atoms with Crippen molar-refractivity contribution >= 4 is 35.4 Å². The highest BCUT2D eigenvalue weighted by Crippen LogP contribution is 2.22. The fraction of sp³-hybridized carbons (Fsp3) is 0.0435. The van der Waals surface area contributed by atoms with Gasteiger partial charge in [-0.05, 0) is 47.5 Å². The summed E-state index contributed by atoms with van der Waals surface area (Å²) in [7, 11) is 1.58. The number of nitrogens with zero attached hydrogens (tertiary/aromatic N) is 1. The minimum absolute atomic E-state index is 0.0752. The summed E-state index contributed by atoms with van der Waals surface area (Å²) < 4.78 is 5.19. The summed E-state index contributed by atoms with van der Waals surface area (Å²) in [5.41, 5.74) is 1.62. The van der Waals surface area contributed by atoms with Gasteiger partial charge in [0, 0.05) is 17.7 Å². The van der Waals surface area contributed by atoms with Crippen LogP contribution in [0.4, 0.5) is 11.4 Å². The summed E-state index contributed by atoms with van der Waals surface area (Å²) in [4.78, 5) is 34.3. The molecule has 8 heteroatoms. The molecule has 0 fully saturated rings. The highest BCUT2D eigenvalue weighted by atomic mass is 16.6. The number of carbonyl (C=O) groups is 2. The number of anilines is 1. The van der Waals surface area contributed by atoms with E-state index in [-0.39, 0.29) is 22.5 Å². The fourth-order valence-electron chi connectivity index (χ4n) is 2.82. The summed E-state index contributed by atoms with van der Waals surface area (Å²) in [6, 6.07) is 17.0. The predicted octanol–water partition coefficient (Wildman–Crippen LogP) is 4.72. The minimum Gasteiger partial charge on any atom is -0.497 e. The first-order chi connectivity index (χ1) is 14.9. The standard InChI is InChI=1S/C23H18N2O6/c1-31-19-4-2-3-15(13-19)5-6-16-7-12-20(23(27)28)21(14-16)24-22(26)17-8-10-18(11-9-17)25(29)30/h2-14H,1H3,(H,24,26)(H,27,28). The molecular formula is C23H18N2O6. The van der Waals surface area contributed by atoms with Gasteiger partial charge < -0.3 is 15.2 Å². The third-order valence-electron chi connectivity index (χ3n) is 4.42. The van der Waals surface area contributed by atoms with Crippen molar-refractivity contribution in [1.82, 2.24) is 0 Å². The molecule has 0 saturated heterocycles. The predicted molar refractivity (Wildman–Crippen MR) is 116 cm³/mol. The lowest BCUT2D eigenvalue weighted by molar-refractivity contribution is -0.384. The second kappa shape index (κ2) is 9.36. The molecule has 8 nitrogen and oxygen atoms in total. The van der Waals surface area contributed by atoms with Crippen molar-refractivity contribution in [3.63, 3.8) is 0 Å². The summed E-state index contributed by atoms with van der Waals surface area (Å²) in [5.74, 6) is -1.06. The second-order valence-electron chi connectivity index (χ2n) is 6.48. The maximum Gasteiger partial charge on any atom is 0.337 e. The van der Waals surface area contributed by atoms with E-state index in [1.165, 1.54) is 30.3 Å². The van der Waals surface area contributed by atoms with Crippen LogP contribution in [0.15, 0.2) is 66.7 Å². The normalized spacial score (nSPS) is 10.6. The van der Waals surface area contributed by atoms with Crippen LogP contribution in [0.5, 0.6) is 5.75 Å². The molecule has 0 heterocycles. The highest BCUT2D eigenvalue weighted by molar-refractivity contribution is 6.08. The number of methoxy groups -OCH3 is 1. The van der Waals surface area contributed by atoms with E-state index in [0.29, 0.717) is 11.3 Å². The monoisotopic (exact) mass is 418 g/mol. The minimum atomic E-state index is -1.19. The molecule has 0 spiro atoms. The fourth-order valence-corrected chi connectivity index (χ4v) is 2.82. The number of non-ortho nitro benzene ring substituents is 1. The van der Waals surface area contributed by atoms with Crippen LogP contribution >= 0.6 is 0 Å². The van der Waals surface area contributed by atoms with Gasteiger partial charge in [0.05, 0.1) is 23.3 Å². The topological polar surface area (TPSA) is 119 Å². The van der Waals surface area contributed by atoms with E-state index in [1.807, 2.05) is 30.3 Å². The van der Waals surface area contributed by atoms with Gasteiger partial charge in [0.1, 0.15) is 5.75 Å². The molecule has 0 aliphatic heterocycles.